The van der Waals surface area contributed by atoms with E-state index >= 15 is 0 Å². The van der Waals surface area contributed by atoms with Gasteiger partial charge in [-0.2, -0.15) is 0 Å². The summed E-state index contributed by atoms with van der Waals surface area (Å²) in [6.45, 7) is 4.26. The van der Waals surface area contributed by atoms with E-state index in [4.69, 9.17) is 23.2 Å². The minimum atomic E-state index is -0.355. The van der Waals surface area contributed by atoms with Gasteiger partial charge in [0, 0.05) is 11.8 Å². The van der Waals surface area contributed by atoms with E-state index in [1.54, 1.807) is 0 Å². The fourth-order valence-corrected chi connectivity index (χ4v) is 2.44. The molecule has 0 atom stereocenters. The molecule has 4 heteroatoms. The number of rotatable bonds is 4. The first-order chi connectivity index (χ1) is 8.99. The molecule has 0 fully saturated rings. The molecule has 0 aliphatic rings. The van der Waals surface area contributed by atoms with Crippen molar-refractivity contribution in [3.63, 3.8) is 0 Å². The van der Waals surface area contributed by atoms with E-state index in [1.165, 1.54) is 5.56 Å². The Balaban J connectivity index is 2.49. The number of hydrogen-bond donors (Lipinski definition) is 0. The van der Waals surface area contributed by atoms with Crippen LogP contribution < -0.4 is 0 Å². The molecule has 0 radical (unpaired) electrons. The lowest BCUT2D eigenvalue weighted by Gasteiger charge is -2.11. The van der Waals surface area contributed by atoms with Gasteiger partial charge in [0.1, 0.15) is 5.15 Å². The van der Waals surface area contributed by atoms with E-state index in [0.717, 1.165) is 16.5 Å². The van der Waals surface area contributed by atoms with E-state index in [9.17, 15) is 4.79 Å². The molecule has 0 aliphatic heterocycles. The molecule has 0 saturated carbocycles. The Labute approximate surface area is 122 Å². The topological polar surface area (TPSA) is 30.0 Å². The van der Waals surface area contributed by atoms with Crippen molar-refractivity contribution in [3.8, 4) is 0 Å². The Morgan fingerprint density at radius 1 is 1.37 bits per heavy atom. The van der Waals surface area contributed by atoms with E-state index in [2.05, 4.69) is 24.9 Å². The average molecular weight is 296 g/mol. The Morgan fingerprint density at radius 2 is 2.11 bits per heavy atom. The highest BCUT2D eigenvalue weighted by molar-refractivity contribution is 6.63. The van der Waals surface area contributed by atoms with Gasteiger partial charge in [-0.05, 0) is 41.1 Å². The SMILES string of the molecule is CC(C)c1cccc2cc(CCC(=O)Cl)c(Cl)nc12. The van der Waals surface area contributed by atoms with Crippen LogP contribution in [0.15, 0.2) is 24.3 Å². The van der Waals surface area contributed by atoms with Crippen molar-refractivity contribution < 1.29 is 4.79 Å². The molecule has 0 amide bonds. The maximum Gasteiger partial charge on any atom is 0.221 e. The summed E-state index contributed by atoms with van der Waals surface area (Å²) >= 11 is 11.6. The molecule has 0 bridgehead atoms. The molecule has 2 rings (SSSR count). The third-order valence-corrected chi connectivity index (χ3v) is 3.63. The van der Waals surface area contributed by atoms with Gasteiger partial charge >= 0.3 is 0 Å². The van der Waals surface area contributed by atoms with Gasteiger partial charge in [-0.1, -0.05) is 43.6 Å². The number of carbonyl (C=O) groups is 1. The Morgan fingerprint density at radius 3 is 2.74 bits per heavy atom. The van der Waals surface area contributed by atoms with Crippen LogP contribution in [0.4, 0.5) is 0 Å². The zero-order valence-electron chi connectivity index (χ0n) is 10.9. The van der Waals surface area contributed by atoms with Gasteiger partial charge in [0.15, 0.2) is 0 Å². The summed E-state index contributed by atoms with van der Waals surface area (Å²) in [5.74, 6) is 0.391. The summed E-state index contributed by atoms with van der Waals surface area (Å²) in [6.07, 6.45) is 0.800. The summed E-state index contributed by atoms with van der Waals surface area (Å²) in [6, 6.07) is 8.09. The number of benzene rings is 1. The third-order valence-electron chi connectivity index (χ3n) is 3.12. The molecule has 2 aromatic rings. The molecule has 0 N–H and O–H groups in total. The Hall–Kier alpha value is -1.12. The summed E-state index contributed by atoms with van der Waals surface area (Å²) in [4.78, 5) is 15.3. The molecule has 1 heterocycles. The van der Waals surface area contributed by atoms with Crippen molar-refractivity contribution >= 4 is 39.3 Å². The number of para-hydroxylation sites is 1. The molecule has 0 saturated heterocycles. The van der Waals surface area contributed by atoms with Crippen molar-refractivity contribution in [1.82, 2.24) is 4.98 Å². The van der Waals surface area contributed by atoms with E-state index < -0.39 is 0 Å². The van der Waals surface area contributed by atoms with Crippen LogP contribution >= 0.6 is 23.2 Å². The molecule has 19 heavy (non-hydrogen) atoms. The molecule has 0 aliphatic carbocycles. The molecular formula is C15H15Cl2NO. The highest BCUT2D eigenvalue weighted by Gasteiger charge is 2.11. The number of aromatic nitrogens is 1. The van der Waals surface area contributed by atoms with E-state index in [-0.39, 0.29) is 11.7 Å². The number of pyridine rings is 1. The zero-order chi connectivity index (χ0) is 14.0. The Bertz CT molecular complexity index is 623. The van der Waals surface area contributed by atoms with Gasteiger partial charge in [0.05, 0.1) is 5.52 Å². The lowest BCUT2D eigenvalue weighted by atomic mass is 9.98. The number of aryl methyl sites for hydroxylation is 1. The Kier molecular flexibility index (Phi) is 4.43. The fourth-order valence-electron chi connectivity index (χ4n) is 2.12. The maximum absolute atomic E-state index is 10.8. The van der Waals surface area contributed by atoms with Crippen molar-refractivity contribution in [2.24, 2.45) is 0 Å². The minimum absolute atomic E-state index is 0.276. The monoisotopic (exact) mass is 295 g/mol. The number of hydrogen-bond acceptors (Lipinski definition) is 2. The van der Waals surface area contributed by atoms with E-state index in [1.807, 2.05) is 18.2 Å². The summed E-state index contributed by atoms with van der Waals surface area (Å²) in [7, 11) is 0. The first-order valence-electron chi connectivity index (χ1n) is 6.25. The van der Waals surface area contributed by atoms with Gasteiger partial charge in [-0.15, -0.1) is 0 Å². The van der Waals surface area contributed by atoms with Gasteiger partial charge in [-0.25, -0.2) is 4.98 Å². The van der Waals surface area contributed by atoms with E-state index in [0.29, 0.717) is 17.5 Å². The molecule has 0 unspecified atom stereocenters. The number of halogens is 2. The highest BCUT2D eigenvalue weighted by atomic mass is 35.5. The average Bonchev–Trinajstić information content (AvgIpc) is 2.35. The largest absolute Gasteiger partial charge is 0.281 e. The van der Waals surface area contributed by atoms with Crippen LogP contribution in [-0.4, -0.2) is 10.2 Å². The predicted octanol–water partition coefficient (Wildman–Crippen LogP) is 4.71. The van der Waals surface area contributed by atoms with Gasteiger partial charge < -0.3 is 0 Å². The van der Waals surface area contributed by atoms with Gasteiger partial charge in [-0.3, -0.25) is 4.79 Å². The molecular weight excluding hydrogens is 281 g/mol. The first-order valence-corrected chi connectivity index (χ1v) is 7.01. The summed E-state index contributed by atoms with van der Waals surface area (Å²) in [5, 5.41) is 1.15. The first kappa shape index (κ1) is 14.3. The van der Waals surface area contributed by atoms with Crippen molar-refractivity contribution in [3.05, 3.63) is 40.5 Å². The second kappa shape index (κ2) is 5.89. The lowest BCUT2D eigenvalue weighted by Crippen LogP contribution is -1.97. The van der Waals surface area contributed by atoms with Crippen molar-refractivity contribution in [1.29, 1.82) is 0 Å². The lowest BCUT2D eigenvalue weighted by molar-refractivity contribution is -0.111. The zero-order valence-corrected chi connectivity index (χ0v) is 12.4. The number of carbonyl (C=O) groups excluding carboxylic acids is 1. The summed E-state index contributed by atoms with van der Waals surface area (Å²) < 4.78 is 0. The van der Waals surface area contributed by atoms with Gasteiger partial charge in [0.2, 0.25) is 5.24 Å². The van der Waals surface area contributed by atoms with Crippen LogP contribution in [0.3, 0.4) is 0 Å². The summed E-state index contributed by atoms with van der Waals surface area (Å²) in [5.41, 5.74) is 2.98. The maximum atomic E-state index is 10.8. The quantitative estimate of drug-likeness (QED) is 0.604. The second-order valence-electron chi connectivity index (χ2n) is 4.87. The van der Waals surface area contributed by atoms with Crippen LogP contribution in [0, 0.1) is 0 Å². The van der Waals surface area contributed by atoms with Crippen LogP contribution in [0.2, 0.25) is 5.15 Å². The standard InChI is InChI=1S/C15H15Cl2NO/c1-9(2)12-5-3-4-10-8-11(6-7-13(16)19)15(17)18-14(10)12/h3-5,8-9H,6-7H2,1-2H3. The van der Waals surface area contributed by atoms with Crippen LogP contribution in [0.1, 0.15) is 37.3 Å². The molecule has 2 nitrogen and oxygen atoms in total. The smallest absolute Gasteiger partial charge is 0.221 e. The van der Waals surface area contributed by atoms with Crippen LogP contribution in [0.5, 0.6) is 0 Å². The minimum Gasteiger partial charge on any atom is -0.281 e. The molecule has 100 valence electrons. The fraction of sp³-hybridized carbons (Fsp3) is 0.333. The highest BCUT2D eigenvalue weighted by Crippen LogP contribution is 2.28. The predicted molar refractivity (Wildman–Crippen MR) is 80.0 cm³/mol. The second-order valence-corrected chi connectivity index (χ2v) is 5.65. The van der Waals surface area contributed by atoms with Crippen molar-refractivity contribution in [2.75, 3.05) is 0 Å². The number of nitrogens with zero attached hydrogens (tertiary/aromatic N) is 1. The van der Waals surface area contributed by atoms with Crippen LogP contribution in [-0.2, 0) is 11.2 Å². The van der Waals surface area contributed by atoms with Crippen LogP contribution in [0.25, 0.3) is 10.9 Å². The molecule has 1 aromatic carbocycles. The number of fused-ring (bicyclic) bond motifs is 1. The van der Waals surface area contributed by atoms with Gasteiger partial charge in [0.25, 0.3) is 0 Å². The third kappa shape index (κ3) is 3.26. The molecule has 1 aromatic heterocycles. The normalized spacial score (nSPS) is 11.2. The molecule has 0 spiro atoms. The van der Waals surface area contributed by atoms with Crippen molar-refractivity contribution in [2.45, 2.75) is 32.6 Å².